The van der Waals surface area contributed by atoms with Gasteiger partial charge < -0.3 is 16.0 Å². The molecule has 0 aromatic heterocycles. The lowest BCUT2D eigenvalue weighted by molar-refractivity contribution is -0.122. The van der Waals surface area contributed by atoms with Crippen LogP contribution in [0.1, 0.15) is 19.8 Å². The van der Waals surface area contributed by atoms with Crippen molar-refractivity contribution >= 4 is 11.6 Å². The highest BCUT2D eigenvalue weighted by atomic mass is 19.1. The Hall–Kier alpha value is -1.62. The monoisotopic (exact) mass is 265 g/mol. The van der Waals surface area contributed by atoms with Crippen molar-refractivity contribution in [1.82, 2.24) is 5.32 Å². The Kier molecular flexibility index (Phi) is 4.37. The molecule has 0 radical (unpaired) electrons. The highest BCUT2D eigenvalue weighted by molar-refractivity contribution is 5.86. The quantitative estimate of drug-likeness (QED) is 0.865. The Labute approximate surface area is 112 Å². The van der Waals surface area contributed by atoms with Crippen molar-refractivity contribution in [2.75, 3.05) is 18.0 Å². The minimum atomic E-state index is -0.403. The van der Waals surface area contributed by atoms with E-state index in [1.807, 2.05) is 11.8 Å². The second-order valence-electron chi connectivity index (χ2n) is 4.88. The first-order chi connectivity index (χ1) is 9.15. The number of hydrogen-bond donors (Lipinski definition) is 2. The van der Waals surface area contributed by atoms with Crippen molar-refractivity contribution in [3.05, 3.63) is 30.1 Å². The van der Waals surface area contributed by atoms with Crippen LogP contribution in [0.3, 0.4) is 0 Å². The fourth-order valence-corrected chi connectivity index (χ4v) is 2.59. The van der Waals surface area contributed by atoms with E-state index in [9.17, 15) is 9.18 Å². The van der Waals surface area contributed by atoms with Crippen LogP contribution < -0.4 is 16.0 Å². The first-order valence-electron chi connectivity index (χ1n) is 6.65. The van der Waals surface area contributed by atoms with Gasteiger partial charge in [-0.05, 0) is 38.4 Å². The fraction of sp³-hybridized carbons (Fsp3) is 0.500. The van der Waals surface area contributed by atoms with Crippen LogP contribution in [0.2, 0.25) is 0 Å². The summed E-state index contributed by atoms with van der Waals surface area (Å²) in [5.41, 5.74) is 6.07. The van der Waals surface area contributed by atoms with Gasteiger partial charge in [-0.1, -0.05) is 12.1 Å². The van der Waals surface area contributed by atoms with E-state index in [1.165, 1.54) is 6.07 Å². The van der Waals surface area contributed by atoms with Gasteiger partial charge in [0.15, 0.2) is 0 Å². The third-order valence-corrected chi connectivity index (χ3v) is 3.55. The summed E-state index contributed by atoms with van der Waals surface area (Å²) >= 11 is 0. The van der Waals surface area contributed by atoms with Gasteiger partial charge in [-0.15, -0.1) is 0 Å². The van der Waals surface area contributed by atoms with Gasteiger partial charge in [-0.2, -0.15) is 0 Å². The Balaban J connectivity index is 2.40. The van der Waals surface area contributed by atoms with Gasteiger partial charge in [0.1, 0.15) is 11.9 Å². The molecule has 3 N–H and O–H groups in total. The standard InChI is InChI=1S/C14H20FN3O/c1-10-7-9-17-14(19)13(6-8-16)18(10)12-5-3-2-4-11(12)15/h2-5,10,13H,6-9,16H2,1H3,(H,17,19). The van der Waals surface area contributed by atoms with Crippen LogP contribution in [0.25, 0.3) is 0 Å². The van der Waals surface area contributed by atoms with E-state index in [-0.39, 0.29) is 17.8 Å². The number of amides is 1. The van der Waals surface area contributed by atoms with E-state index in [4.69, 9.17) is 5.73 Å². The summed E-state index contributed by atoms with van der Waals surface area (Å²) in [6.45, 7) is 3.03. The van der Waals surface area contributed by atoms with Crippen LogP contribution in [0.15, 0.2) is 24.3 Å². The maximum Gasteiger partial charge on any atom is 0.242 e. The first kappa shape index (κ1) is 13.8. The summed E-state index contributed by atoms with van der Waals surface area (Å²) in [6.07, 6.45) is 1.31. The highest BCUT2D eigenvalue weighted by Gasteiger charge is 2.32. The Morgan fingerprint density at radius 1 is 1.47 bits per heavy atom. The number of benzene rings is 1. The third kappa shape index (κ3) is 2.87. The van der Waals surface area contributed by atoms with Gasteiger partial charge in [-0.3, -0.25) is 4.79 Å². The van der Waals surface area contributed by atoms with Gasteiger partial charge in [0.05, 0.1) is 5.69 Å². The fourth-order valence-electron chi connectivity index (χ4n) is 2.59. The van der Waals surface area contributed by atoms with Gasteiger partial charge >= 0.3 is 0 Å². The maximum atomic E-state index is 14.0. The predicted octanol–water partition coefficient (Wildman–Crippen LogP) is 1.26. The van der Waals surface area contributed by atoms with Crippen LogP contribution in [0.4, 0.5) is 10.1 Å². The second kappa shape index (κ2) is 6.02. The van der Waals surface area contributed by atoms with E-state index >= 15 is 0 Å². The van der Waals surface area contributed by atoms with Crippen molar-refractivity contribution in [2.45, 2.75) is 31.8 Å². The number of carbonyl (C=O) groups excluding carboxylic acids is 1. The first-order valence-corrected chi connectivity index (χ1v) is 6.65. The molecule has 1 aromatic carbocycles. The minimum Gasteiger partial charge on any atom is -0.354 e. The lowest BCUT2D eigenvalue weighted by Crippen LogP contribution is -2.48. The molecule has 1 amide bonds. The third-order valence-electron chi connectivity index (χ3n) is 3.55. The average molecular weight is 265 g/mol. The Bertz CT molecular complexity index is 452. The summed E-state index contributed by atoms with van der Waals surface area (Å²) in [5, 5.41) is 2.87. The average Bonchev–Trinajstić information content (AvgIpc) is 2.52. The van der Waals surface area contributed by atoms with Crippen molar-refractivity contribution in [1.29, 1.82) is 0 Å². The molecule has 1 aliphatic rings. The number of carbonyl (C=O) groups is 1. The smallest absolute Gasteiger partial charge is 0.242 e. The molecule has 2 atom stereocenters. The number of rotatable bonds is 3. The zero-order valence-electron chi connectivity index (χ0n) is 11.1. The Morgan fingerprint density at radius 2 is 2.21 bits per heavy atom. The number of nitrogens with one attached hydrogen (secondary N) is 1. The maximum absolute atomic E-state index is 14.0. The van der Waals surface area contributed by atoms with Crippen molar-refractivity contribution in [2.24, 2.45) is 5.73 Å². The highest BCUT2D eigenvalue weighted by Crippen LogP contribution is 2.27. The summed E-state index contributed by atoms with van der Waals surface area (Å²) in [7, 11) is 0. The van der Waals surface area contributed by atoms with E-state index in [0.29, 0.717) is 25.2 Å². The molecule has 19 heavy (non-hydrogen) atoms. The number of hydrogen-bond acceptors (Lipinski definition) is 3. The molecule has 1 aromatic rings. The normalized spacial score (nSPS) is 23.9. The molecule has 0 saturated carbocycles. The van der Waals surface area contributed by atoms with E-state index in [2.05, 4.69) is 5.32 Å². The number of nitrogens with zero attached hydrogens (tertiary/aromatic N) is 1. The zero-order valence-corrected chi connectivity index (χ0v) is 11.1. The molecular weight excluding hydrogens is 245 g/mol. The molecule has 1 aliphatic heterocycles. The largest absolute Gasteiger partial charge is 0.354 e. The van der Waals surface area contributed by atoms with Gasteiger partial charge in [0, 0.05) is 12.6 Å². The Morgan fingerprint density at radius 3 is 2.89 bits per heavy atom. The molecule has 2 rings (SSSR count). The van der Waals surface area contributed by atoms with Gasteiger partial charge in [0.25, 0.3) is 0 Å². The number of anilines is 1. The predicted molar refractivity (Wildman–Crippen MR) is 73.4 cm³/mol. The molecule has 2 unspecified atom stereocenters. The van der Waals surface area contributed by atoms with Crippen LogP contribution in [0, 0.1) is 5.82 Å². The van der Waals surface area contributed by atoms with Crippen LogP contribution in [0.5, 0.6) is 0 Å². The van der Waals surface area contributed by atoms with Crippen LogP contribution >= 0.6 is 0 Å². The summed E-state index contributed by atoms with van der Waals surface area (Å²) in [4.78, 5) is 14.0. The van der Waals surface area contributed by atoms with Crippen molar-refractivity contribution in [3.8, 4) is 0 Å². The topological polar surface area (TPSA) is 58.4 Å². The lowest BCUT2D eigenvalue weighted by atomic mass is 10.1. The van der Waals surface area contributed by atoms with Crippen LogP contribution in [-0.2, 0) is 4.79 Å². The van der Waals surface area contributed by atoms with Crippen LogP contribution in [-0.4, -0.2) is 31.1 Å². The number of nitrogens with two attached hydrogens (primary N) is 1. The summed E-state index contributed by atoms with van der Waals surface area (Å²) < 4.78 is 14.0. The van der Waals surface area contributed by atoms with Gasteiger partial charge in [-0.25, -0.2) is 4.39 Å². The summed E-state index contributed by atoms with van der Waals surface area (Å²) in [6, 6.07) is 6.26. The SMILES string of the molecule is CC1CCNC(=O)C(CCN)N1c1ccccc1F. The molecule has 104 valence electrons. The summed E-state index contributed by atoms with van der Waals surface area (Å²) in [5.74, 6) is -0.371. The molecule has 4 nitrogen and oxygen atoms in total. The number of halogens is 1. The molecule has 0 bridgehead atoms. The molecule has 1 saturated heterocycles. The van der Waals surface area contributed by atoms with E-state index in [0.717, 1.165) is 6.42 Å². The molecule has 1 fully saturated rings. The van der Waals surface area contributed by atoms with E-state index in [1.54, 1.807) is 18.2 Å². The van der Waals surface area contributed by atoms with Crippen molar-refractivity contribution in [3.63, 3.8) is 0 Å². The number of para-hydroxylation sites is 1. The second-order valence-corrected chi connectivity index (χ2v) is 4.88. The lowest BCUT2D eigenvalue weighted by Gasteiger charge is -2.35. The molecule has 0 aliphatic carbocycles. The van der Waals surface area contributed by atoms with E-state index < -0.39 is 6.04 Å². The molecule has 0 spiro atoms. The van der Waals surface area contributed by atoms with Crippen molar-refractivity contribution < 1.29 is 9.18 Å². The molecule has 5 heteroatoms. The zero-order chi connectivity index (χ0) is 13.8. The molecular formula is C14H20FN3O. The van der Waals surface area contributed by atoms with Gasteiger partial charge in [0.2, 0.25) is 5.91 Å². The minimum absolute atomic E-state index is 0.0712. The molecule has 1 heterocycles.